The van der Waals surface area contributed by atoms with Gasteiger partial charge in [-0.1, -0.05) is 37.3 Å². The van der Waals surface area contributed by atoms with Gasteiger partial charge in [-0.05, 0) is 49.6 Å². The summed E-state index contributed by atoms with van der Waals surface area (Å²) in [6, 6.07) is 12.8. The van der Waals surface area contributed by atoms with E-state index in [4.69, 9.17) is 0 Å². The van der Waals surface area contributed by atoms with Crippen LogP contribution in [-0.2, 0) is 6.42 Å². The zero-order valence-electron chi connectivity index (χ0n) is 11.0. The summed E-state index contributed by atoms with van der Waals surface area (Å²) in [7, 11) is 0. The lowest BCUT2D eigenvalue weighted by Crippen LogP contribution is -1.84. The maximum absolute atomic E-state index is 3.22. The summed E-state index contributed by atoms with van der Waals surface area (Å²) < 4.78 is 0. The van der Waals surface area contributed by atoms with Crippen molar-refractivity contribution in [2.75, 3.05) is 0 Å². The molecule has 0 aliphatic heterocycles. The molecular formula is C17H18S. The summed E-state index contributed by atoms with van der Waals surface area (Å²) >= 11 is 1.75. The summed E-state index contributed by atoms with van der Waals surface area (Å²) in [5.74, 6) is 6.43. The molecule has 0 atom stereocenters. The third-order valence-corrected chi connectivity index (χ3v) is 3.76. The van der Waals surface area contributed by atoms with Crippen LogP contribution < -0.4 is 0 Å². The number of rotatable bonds is 3. The van der Waals surface area contributed by atoms with Gasteiger partial charge in [0.15, 0.2) is 0 Å². The van der Waals surface area contributed by atoms with E-state index in [1.807, 2.05) is 0 Å². The molecule has 1 aromatic carbocycles. The Morgan fingerprint density at radius 3 is 2.39 bits per heavy atom. The van der Waals surface area contributed by atoms with Crippen LogP contribution in [0.2, 0.25) is 0 Å². The van der Waals surface area contributed by atoms with Crippen molar-refractivity contribution in [3.8, 4) is 11.8 Å². The Labute approximate surface area is 114 Å². The second-order valence-electron chi connectivity index (χ2n) is 4.46. The molecule has 18 heavy (non-hydrogen) atoms. The van der Waals surface area contributed by atoms with Crippen molar-refractivity contribution >= 4 is 11.3 Å². The molecule has 1 heterocycles. The highest BCUT2D eigenvalue weighted by Crippen LogP contribution is 2.13. The molecule has 0 bridgehead atoms. The van der Waals surface area contributed by atoms with E-state index in [-0.39, 0.29) is 0 Å². The lowest BCUT2D eigenvalue weighted by molar-refractivity contribution is 0.795. The lowest BCUT2D eigenvalue weighted by atomic mass is 10.1. The van der Waals surface area contributed by atoms with Crippen LogP contribution in [-0.4, -0.2) is 0 Å². The predicted molar refractivity (Wildman–Crippen MR) is 80.1 cm³/mol. The first-order valence-electron chi connectivity index (χ1n) is 6.45. The molecule has 0 saturated carbocycles. The summed E-state index contributed by atoms with van der Waals surface area (Å²) in [5, 5.41) is 0. The summed E-state index contributed by atoms with van der Waals surface area (Å²) in [5.41, 5.74) is 2.51. The Morgan fingerprint density at radius 1 is 1.00 bits per heavy atom. The fraction of sp³-hybridized carbons (Fsp3) is 0.294. The Balaban J connectivity index is 2.04. The molecule has 0 spiro atoms. The Kier molecular flexibility index (Phi) is 4.61. The van der Waals surface area contributed by atoms with Crippen LogP contribution >= 0.6 is 11.3 Å². The number of aryl methyl sites for hydroxylation is 2. The molecule has 0 N–H and O–H groups in total. The lowest BCUT2D eigenvalue weighted by Gasteiger charge is -1.99. The largest absolute Gasteiger partial charge is 0.132 e. The highest BCUT2D eigenvalue weighted by molar-refractivity contribution is 7.12. The fourth-order valence-corrected chi connectivity index (χ4v) is 2.49. The van der Waals surface area contributed by atoms with Crippen LogP contribution in [0.15, 0.2) is 36.4 Å². The van der Waals surface area contributed by atoms with Gasteiger partial charge in [-0.25, -0.2) is 0 Å². The van der Waals surface area contributed by atoms with Crippen LogP contribution in [0.5, 0.6) is 0 Å². The van der Waals surface area contributed by atoms with E-state index in [9.17, 15) is 0 Å². The number of benzene rings is 1. The van der Waals surface area contributed by atoms with Gasteiger partial charge in [0.1, 0.15) is 0 Å². The van der Waals surface area contributed by atoms with Crippen LogP contribution in [0, 0.1) is 18.8 Å². The number of thiophene rings is 1. The van der Waals surface area contributed by atoms with Crippen molar-refractivity contribution in [3.63, 3.8) is 0 Å². The van der Waals surface area contributed by atoms with Gasteiger partial charge in [0.05, 0.1) is 4.88 Å². The van der Waals surface area contributed by atoms with Crippen molar-refractivity contribution in [1.29, 1.82) is 0 Å². The summed E-state index contributed by atoms with van der Waals surface area (Å²) in [6.45, 7) is 4.33. The quantitative estimate of drug-likeness (QED) is 0.690. The molecule has 0 radical (unpaired) electrons. The second-order valence-corrected chi connectivity index (χ2v) is 5.75. The first-order chi connectivity index (χ1) is 8.78. The van der Waals surface area contributed by atoms with E-state index in [2.05, 4.69) is 62.1 Å². The fourth-order valence-electron chi connectivity index (χ4n) is 1.77. The average molecular weight is 254 g/mol. The molecule has 2 aromatic rings. The number of hydrogen-bond acceptors (Lipinski definition) is 1. The molecular weight excluding hydrogens is 236 g/mol. The molecule has 0 amide bonds. The van der Waals surface area contributed by atoms with Crippen molar-refractivity contribution in [2.24, 2.45) is 0 Å². The van der Waals surface area contributed by atoms with E-state index in [1.165, 1.54) is 29.7 Å². The van der Waals surface area contributed by atoms with Crippen molar-refractivity contribution < 1.29 is 0 Å². The Bertz CT molecular complexity index is 549. The molecule has 0 fully saturated rings. The average Bonchev–Trinajstić information content (AvgIpc) is 2.81. The van der Waals surface area contributed by atoms with Gasteiger partial charge in [-0.3, -0.25) is 0 Å². The number of unbranched alkanes of at least 4 members (excludes halogenated alkanes) is 1. The minimum absolute atomic E-state index is 1.10. The van der Waals surface area contributed by atoms with Crippen LogP contribution in [0.1, 0.15) is 40.6 Å². The maximum atomic E-state index is 3.22. The minimum Gasteiger partial charge on any atom is -0.132 e. The normalized spacial score (nSPS) is 9.89. The zero-order chi connectivity index (χ0) is 12.8. The van der Waals surface area contributed by atoms with Crippen LogP contribution in [0.4, 0.5) is 0 Å². The third-order valence-electron chi connectivity index (χ3n) is 2.84. The summed E-state index contributed by atoms with van der Waals surface area (Å²) in [6.07, 6.45) is 3.69. The van der Waals surface area contributed by atoms with Gasteiger partial charge < -0.3 is 0 Å². The highest BCUT2D eigenvalue weighted by atomic mass is 32.1. The van der Waals surface area contributed by atoms with Gasteiger partial charge in [-0.2, -0.15) is 0 Å². The minimum atomic E-state index is 1.10. The van der Waals surface area contributed by atoms with E-state index in [1.54, 1.807) is 11.3 Å². The van der Waals surface area contributed by atoms with Crippen LogP contribution in [0.3, 0.4) is 0 Å². The van der Waals surface area contributed by atoms with Gasteiger partial charge in [0.25, 0.3) is 0 Å². The predicted octanol–water partition coefficient (Wildman–Crippen LogP) is 4.80. The number of hydrogen-bond donors (Lipinski definition) is 0. The molecule has 1 aromatic heterocycles. The Morgan fingerprint density at radius 2 is 1.78 bits per heavy atom. The van der Waals surface area contributed by atoms with Crippen molar-refractivity contribution in [1.82, 2.24) is 0 Å². The second kappa shape index (κ2) is 6.42. The van der Waals surface area contributed by atoms with E-state index >= 15 is 0 Å². The Hall–Kier alpha value is -1.52. The van der Waals surface area contributed by atoms with Gasteiger partial charge in [0, 0.05) is 10.4 Å². The van der Waals surface area contributed by atoms with Gasteiger partial charge in [-0.15, -0.1) is 11.3 Å². The van der Waals surface area contributed by atoms with E-state index in [0.29, 0.717) is 0 Å². The van der Waals surface area contributed by atoms with E-state index in [0.717, 1.165) is 10.4 Å². The molecule has 2 rings (SSSR count). The molecule has 92 valence electrons. The molecule has 0 aliphatic carbocycles. The standard InChI is InChI=1S/C17H18S/c1-3-4-5-15-7-9-16(10-8-15)11-13-17-12-6-14(2)18-17/h6-10,12H,3-5H2,1-2H3. The van der Waals surface area contributed by atoms with E-state index < -0.39 is 0 Å². The van der Waals surface area contributed by atoms with Gasteiger partial charge >= 0.3 is 0 Å². The third kappa shape index (κ3) is 3.75. The molecule has 0 unspecified atom stereocenters. The van der Waals surface area contributed by atoms with Gasteiger partial charge in [0.2, 0.25) is 0 Å². The van der Waals surface area contributed by atoms with Crippen molar-refractivity contribution in [2.45, 2.75) is 33.1 Å². The monoisotopic (exact) mass is 254 g/mol. The highest BCUT2D eigenvalue weighted by Gasteiger charge is 1.93. The first kappa shape index (κ1) is 12.9. The summed E-state index contributed by atoms with van der Waals surface area (Å²) in [4.78, 5) is 2.46. The molecule has 0 aliphatic rings. The maximum Gasteiger partial charge on any atom is 0.0775 e. The topological polar surface area (TPSA) is 0 Å². The van der Waals surface area contributed by atoms with Crippen molar-refractivity contribution in [3.05, 3.63) is 57.3 Å². The molecule has 0 saturated heterocycles. The van der Waals surface area contributed by atoms with Crippen LogP contribution in [0.25, 0.3) is 0 Å². The molecule has 1 heteroatoms. The molecule has 0 nitrogen and oxygen atoms in total. The zero-order valence-corrected chi connectivity index (χ0v) is 11.8. The first-order valence-corrected chi connectivity index (χ1v) is 7.27. The SMILES string of the molecule is CCCCc1ccc(C#Cc2ccc(C)s2)cc1. The smallest absolute Gasteiger partial charge is 0.0775 e.